The molecular formula is C19H22Cl2N2. The minimum absolute atomic E-state index is 0.242. The van der Waals surface area contributed by atoms with Gasteiger partial charge in [-0.1, -0.05) is 35.3 Å². The fraction of sp³-hybridized carbons (Fsp3) is 0.368. The summed E-state index contributed by atoms with van der Waals surface area (Å²) in [5.74, 6) is 0. The molecule has 0 aliphatic carbocycles. The molecule has 23 heavy (non-hydrogen) atoms. The van der Waals surface area contributed by atoms with Gasteiger partial charge in [-0.15, -0.1) is 0 Å². The van der Waals surface area contributed by atoms with Crippen molar-refractivity contribution in [2.45, 2.75) is 19.9 Å². The zero-order chi connectivity index (χ0) is 16.4. The van der Waals surface area contributed by atoms with E-state index < -0.39 is 0 Å². The number of benzene rings is 2. The summed E-state index contributed by atoms with van der Waals surface area (Å²) in [6.07, 6.45) is 0. The maximum atomic E-state index is 6.16. The van der Waals surface area contributed by atoms with Crippen LogP contribution in [-0.4, -0.2) is 31.1 Å². The highest BCUT2D eigenvalue weighted by atomic mass is 35.5. The second kappa shape index (κ2) is 7.23. The molecule has 4 heteroatoms. The quantitative estimate of drug-likeness (QED) is 0.871. The maximum Gasteiger partial charge on any atom is 0.0607 e. The Bertz CT molecular complexity index is 642. The fourth-order valence-corrected chi connectivity index (χ4v) is 3.85. The number of piperazine rings is 1. The van der Waals surface area contributed by atoms with Gasteiger partial charge in [0.05, 0.1) is 6.04 Å². The van der Waals surface area contributed by atoms with E-state index >= 15 is 0 Å². The molecule has 2 aromatic rings. The van der Waals surface area contributed by atoms with Crippen molar-refractivity contribution in [1.29, 1.82) is 0 Å². The van der Waals surface area contributed by atoms with Gasteiger partial charge in [-0.25, -0.2) is 0 Å². The third-order valence-corrected chi connectivity index (χ3v) is 5.04. The van der Waals surface area contributed by atoms with Crippen molar-refractivity contribution in [2.75, 3.05) is 26.2 Å². The van der Waals surface area contributed by atoms with Crippen LogP contribution in [0.1, 0.15) is 28.3 Å². The summed E-state index contributed by atoms with van der Waals surface area (Å²) < 4.78 is 0. The Labute approximate surface area is 148 Å². The lowest BCUT2D eigenvalue weighted by Gasteiger charge is -2.37. The molecule has 1 aliphatic rings. The Hall–Kier alpha value is -1.06. The third kappa shape index (κ3) is 3.72. The Balaban J connectivity index is 2.09. The maximum absolute atomic E-state index is 6.16. The van der Waals surface area contributed by atoms with Crippen molar-refractivity contribution < 1.29 is 0 Å². The molecule has 1 aliphatic heterocycles. The van der Waals surface area contributed by atoms with Gasteiger partial charge >= 0.3 is 0 Å². The van der Waals surface area contributed by atoms with E-state index in [4.69, 9.17) is 23.2 Å². The molecule has 0 amide bonds. The Morgan fingerprint density at radius 2 is 1.35 bits per heavy atom. The van der Waals surface area contributed by atoms with Gasteiger partial charge in [0.25, 0.3) is 0 Å². The number of aryl methyl sites for hydroxylation is 2. The lowest BCUT2D eigenvalue weighted by Crippen LogP contribution is -2.45. The van der Waals surface area contributed by atoms with Crippen LogP contribution < -0.4 is 5.32 Å². The van der Waals surface area contributed by atoms with E-state index in [1.54, 1.807) is 0 Å². The first-order chi connectivity index (χ1) is 11.1. The van der Waals surface area contributed by atoms with Gasteiger partial charge < -0.3 is 5.32 Å². The monoisotopic (exact) mass is 348 g/mol. The number of rotatable bonds is 3. The average molecular weight is 349 g/mol. The molecule has 1 fully saturated rings. The Morgan fingerprint density at radius 3 is 1.78 bits per heavy atom. The molecule has 0 saturated carbocycles. The van der Waals surface area contributed by atoms with Crippen molar-refractivity contribution in [1.82, 2.24) is 10.2 Å². The molecule has 0 unspecified atom stereocenters. The molecule has 0 radical (unpaired) electrons. The van der Waals surface area contributed by atoms with Crippen LogP contribution in [0.3, 0.4) is 0 Å². The third-order valence-electron chi connectivity index (χ3n) is 4.57. The van der Waals surface area contributed by atoms with E-state index in [0.29, 0.717) is 0 Å². The fourth-order valence-electron chi connectivity index (χ4n) is 3.39. The molecule has 122 valence electrons. The van der Waals surface area contributed by atoms with Crippen molar-refractivity contribution in [2.24, 2.45) is 0 Å². The molecule has 3 rings (SSSR count). The first-order valence-electron chi connectivity index (χ1n) is 8.03. The second-order valence-electron chi connectivity index (χ2n) is 6.19. The number of hydrogen-bond donors (Lipinski definition) is 1. The topological polar surface area (TPSA) is 15.3 Å². The van der Waals surface area contributed by atoms with E-state index in [0.717, 1.165) is 36.2 Å². The van der Waals surface area contributed by atoms with Crippen molar-refractivity contribution in [3.05, 3.63) is 68.7 Å². The number of halogens is 2. The first-order valence-corrected chi connectivity index (χ1v) is 8.79. The van der Waals surface area contributed by atoms with Crippen LogP contribution in [0.4, 0.5) is 0 Å². The average Bonchev–Trinajstić information content (AvgIpc) is 2.52. The van der Waals surface area contributed by atoms with Gasteiger partial charge in [0.2, 0.25) is 0 Å². The normalized spacial score (nSPS) is 16.0. The SMILES string of the molecule is Cc1cc(Cl)ccc1C(c1ccc(Cl)cc1C)N1CCNCC1. The molecular weight excluding hydrogens is 327 g/mol. The van der Waals surface area contributed by atoms with Gasteiger partial charge in [-0.3, -0.25) is 4.90 Å². The minimum atomic E-state index is 0.242. The van der Waals surface area contributed by atoms with E-state index in [2.05, 4.69) is 48.3 Å². The molecule has 2 aromatic carbocycles. The van der Waals surface area contributed by atoms with Crippen LogP contribution in [0, 0.1) is 13.8 Å². The van der Waals surface area contributed by atoms with Crippen molar-refractivity contribution in [3.8, 4) is 0 Å². The van der Waals surface area contributed by atoms with Crippen LogP contribution in [0.2, 0.25) is 10.0 Å². The largest absolute Gasteiger partial charge is 0.314 e. The standard InChI is InChI=1S/C19H22Cl2N2/c1-13-11-15(20)3-5-17(13)19(23-9-7-22-8-10-23)18-6-4-16(21)12-14(18)2/h3-6,11-12,19,22H,7-10H2,1-2H3. The molecule has 1 heterocycles. The molecule has 2 nitrogen and oxygen atoms in total. The Morgan fingerprint density at radius 1 is 0.870 bits per heavy atom. The zero-order valence-corrected chi connectivity index (χ0v) is 15.1. The van der Waals surface area contributed by atoms with Crippen LogP contribution in [-0.2, 0) is 0 Å². The van der Waals surface area contributed by atoms with Crippen molar-refractivity contribution in [3.63, 3.8) is 0 Å². The summed E-state index contributed by atoms with van der Waals surface area (Å²) in [6.45, 7) is 8.40. The van der Waals surface area contributed by atoms with Gasteiger partial charge in [-0.2, -0.15) is 0 Å². The second-order valence-corrected chi connectivity index (χ2v) is 7.06. The van der Waals surface area contributed by atoms with E-state index in [1.807, 2.05) is 12.1 Å². The predicted octanol–water partition coefficient (Wildman–Crippen LogP) is 4.60. The van der Waals surface area contributed by atoms with E-state index in [-0.39, 0.29) is 6.04 Å². The number of nitrogens with zero attached hydrogens (tertiary/aromatic N) is 1. The van der Waals surface area contributed by atoms with Crippen LogP contribution >= 0.6 is 23.2 Å². The van der Waals surface area contributed by atoms with Crippen LogP contribution in [0.5, 0.6) is 0 Å². The summed E-state index contributed by atoms with van der Waals surface area (Å²) in [5, 5.41) is 5.02. The lowest BCUT2D eigenvalue weighted by atomic mass is 9.90. The molecule has 0 atom stereocenters. The highest BCUT2D eigenvalue weighted by molar-refractivity contribution is 6.31. The summed E-state index contributed by atoms with van der Waals surface area (Å²) in [7, 11) is 0. The van der Waals surface area contributed by atoms with Gasteiger partial charge in [0.1, 0.15) is 0 Å². The molecule has 1 saturated heterocycles. The molecule has 0 spiro atoms. The van der Waals surface area contributed by atoms with Gasteiger partial charge in [0.15, 0.2) is 0 Å². The number of nitrogens with one attached hydrogen (secondary N) is 1. The van der Waals surface area contributed by atoms with E-state index in [9.17, 15) is 0 Å². The molecule has 0 aromatic heterocycles. The summed E-state index contributed by atoms with van der Waals surface area (Å²) >= 11 is 12.3. The lowest BCUT2D eigenvalue weighted by molar-refractivity contribution is 0.197. The van der Waals surface area contributed by atoms with Crippen LogP contribution in [0.25, 0.3) is 0 Å². The van der Waals surface area contributed by atoms with Gasteiger partial charge in [0, 0.05) is 36.2 Å². The smallest absolute Gasteiger partial charge is 0.0607 e. The van der Waals surface area contributed by atoms with E-state index in [1.165, 1.54) is 22.3 Å². The first kappa shape index (κ1) is 16.8. The minimum Gasteiger partial charge on any atom is -0.314 e. The summed E-state index contributed by atoms with van der Waals surface area (Å²) in [6, 6.07) is 12.7. The summed E-state index contributed by atoms with van der Waals surface area (Å²) in [4.78, 5) is 2.54. The predicted molar refractivity (Wildman–Crippen MR) is 98.7 cm³/mol. The van der Waals surface area contributed by atoms with Crippen molar-refractivity contribution >= 4 is 23.2 Å². The number of hydrogen-bond acceptors (Lipinski definition) is 2. The highest BCUT2D eigenvalue weighted by Gasteiger charge is 2.26. The zero-order valence-electron chi connectivity index (χ0n) is 13.6. The summed E-state index contributed by atoms with van der Waals surface area (Å²) in [5.41, 5.74) is 5.11. The Kier molecular flexibility index (Phi) is 5.27. The van der Waals surface area contributed by atoms with Crippen LogP contribution in [0.15, 0.2) is 36.4 Å². The highest BCUT2D eigenvalue weighted by Crippen LogP contribution is 2.34. The van der Waals surface area contributed by atoms with Gasteiger partial charge in [-0.05, 0) is 60.4 Å². The molecule has 0 bridgehead atoms. The molecule has 1 N–H and O–H groups in total.